The van der Waals surface area contributed by atoms with Crippen LogP contribution in [0.2, 0.25) is 0 Å². The van der Waals surface area contributed by atoms with E-state index >= 15 is 0 Å². The minimum atomic E-state index is -3.23. The molecule has 2 rings (SSSR count). The van der Waals surface area contributed by atoms with Crippen LogP contribution in [-0.2, 0) is 11.3 Å². The highest BCUT2D eigenvalue weighted by Gasteiger charge is 2.61. The Labute approximate surface area is 104 Å². The van der Waals surface area contributed by atoms with Gasteiger partial charge in [-0.05, 0) is 5.56 Å². The van der Waals surface area contributed by atoms with Gasteiger partial charge in [-0.15, -0.1) is 0 Å². The zero-order chi connectivity index (χ0) is 13.3. The van der Waals surface area contributed by atoms with Crippen LogP contribution in [0.4, 0.5) is 8.78 Å². The number of hydrogen-bond donors (Lipinski definition) is 2. The highest BCUT2D eigenvalue weighted by atomic mass is 19.3. The Morgan fingerprint density at radius 2 is 1.78 bits per heavy atom. The lowest BCUT2D eigenvalue weighted by molar-refractivity contribution is -0.162. The Morgan fingerprint density at radius 1 is 1.17 bits per heavy atom. The van der Waals surface area contributed by atoms with Crippen molar-refractivity contribution in [3.8, 4) is 0 Å². The van der Waals surface area contributed by atoms with E-state index < -0.39 is 30.2 Å². The summed E-state index contributed by atoms with van der Waals surface area (Å²) in [7, 11) is 0. The average molecular weight is 258 g/mol. The maximum atomic E-state index is 13.8. The van der Waals surface area contributed by atoms with Crippen LogP contribution in [0.3, 0.4) is 0 Å². The first-order valence-corrected chi connectivity index (χ1v) is 5.84. The Morgan fingerprint density at radius 3 is 2.28 bits per heavy atom. The number of benzene rings is 1. The summed E-state index contributed by atoms with van der Waals surface area (Å²) in [4.78, 5) is 0. The van der Waals surface area contributed by atoms with Crippen molar-refractivity contribution in [2.24, 2.45) is 5.92 Å². The Hall–Kier alpha value is -1.04. The van der Waals surface area contributed by atoms with Gasteiger partial charge in [-0.1, -0.05) is 37.3 Å². The quantitative estimate of drug-likeness (QED) is 0.865. The average Bonchev–Trinajstić information content (AvgIpc) is 2.50. The molecule has 1 aliphatic carbocycles. The van der Waals surface area contributed by atoms with Gasteiger partial charge in [0.1, 0.15) is 12.2 Å². The second kappa shape index (κ2) is 4.91. The molecular weight excluding hydrogens is 242 g/mol. The minimum Gasteiger partial charge on any atom is -0.390 e. The van der Waals surface area contributed by atoms with Crippen molar-refractivity contribution in [3.05, 3.63) is 35.9 Å². The van der Waals surface area contributed by atoms with E-state index in [4.69, 9.17) is 4.74 Å². The number of hydrogen-bond acceptors (Lipinski definition) is 3. The molecule has 3 nitrogen and oxygen atoms in total. The topological polar surface area (TPSA) is 49.7 Å². The van der Waals surface area contributed by atoms with E-state index in [0.29, 0.717) is 0 Å². The molecule has 1 aromatic rings. The van der Waals surface area contributed by atoms with E-state index in [1.54, 1.807) is 24.3 Å². The van der Waals surface area contributed by atoms with E-state index in [2.05, 4.69) is 0 Å². The maximum absolute atomic E-state index is 13.8. The molecule has 0 aromatic heterocycles. The van der Waals surface area contributed by atoms with Gasteiger partial charge >= 0.3 is 0 Å². The van der Waals surface area contributed by atoms with Gasteiger partial charge in [0, 0.05) is 0 Å². The fraction of sp³-hybridized carbons (Fsp3) is 0.538. The predicted octanol–water partition coefficient (Wildman–Crippen LogP) is 1.58. The van der Waals surface area contributed by atoms with Gasteiger partial charge in [0.05, 0.1) is 18.6 Å². The number of alkyl halides is 2. The first-order chi connectivity index (χ1) is 8.44. The molecule has 0 aliphatic heterocycles. The largest absolute Gasteiger partial charge is 0.390 e. The molecule has 18 heavy (non-hydrogen) atoms. The lowest BCUT2D eigenvalue weighted by Gasteiger charge is -2.23. The third kappa shape index (κ3) is 2.25. The molecular formula is C13H16F2O3. The molecule has 4 atom stereocenters. The number of halogens is 2. The fourth-order valence-electron chi connectivity index (χ4n) is 2.16. The van der Waals surface area contributed by atoms with E-state index in [9.17, 15) is 19.0 Å². The van der Waals surface area contributed by atoms with Gasteiger partial charge in [-0.2, -0.15) is 0 Å². The summed E-state index contributed by atoms with van der Waals surface area (Å²) >= 11 is 0. The summed E-state index contributed by atoms with van der Waals surface area (Å²) in [6.45, 7) is 1.19. The summed E-state index contributed by atoms with van der Waals surface area (Å²) in [6.07, 6.45) is -4.68. The highest BCUT2D eigenvalue weighted by molar-refractivity contribution is 5.14. The fourth-order valence-corrected chi connectivity index (χ4v) is 2.16. The van der Waals surface area contributed by atoms with Crippen LogP contribution in [0.15, 0.2) is 30.3 Å². The van der Waals surface area contributed by atoms with Crippen LogP contribution in [0.5, 0.6) is 0 Å². The zero-order valence-electron chi connectivity index (χ0n) is 9.96. The van der Waals surface area contributed by atoms with Crippen molar-refractivity contribution in [3.63, 3.8) is 0 Å². The van der Waals surface area contributed by atoms with Crippen LogP contribution in [0.25, 0.3) is 0 Å². The molecule has 2 N–H and O–H groups in total. The number of ether oxygens (including phenoxy) is 1. The van der Waals surface area contributed by atoms with Gasteiger partial charge < -0.3 is 14.9 Å². The highest BCUT2D eigenvalue weighted by Crippen LogP contribution is 2.42. The maximum Gasteiger partial charge on any atom is 0.281 e. The van der Waals surface area contributed by atoms with Gasteiger partial charge in [0.25, 0.3) is 5.92 Å². The minimum absolute atomic E-state index is 0.0163. The summed E-state index contributed by atoms with van der Waals surface area (Å²) < 4.78 is 32.6. The molecule has 1 aliphatic rings. The molecule has 1 aromatic carbocycles. The smallest absolute Gasteiger partial charge is 0.281 e. The molecule has 100 valence electrons. The van der Waals surface area contributed by atoms with E-state index in [1.165, 1.54) is 6.92 Å². The first kappa shape index (κ1) is 13.4. The second-order valence-electron chi connectivity index (χ2n) is 4.66. The van der Waals surface area contributed by atoms with Crippen molar-refractivity contribution in [2.75, 3.05) is 0 Å². The molecule has 1 fully saturated rings. The van der Waals surface area contributed by atoms with E-state index in [-0.39, 0.29) is 6.61 Å². The normalized spacial score (nSPS) is 34.7. The van der Waals surface area contributed by atoms with Crippen LogP contribution >= 0.6 is 0 Å². The lowest BCUT2D eigenvalue weighted by atomic mass is 10.1. The van der Waals surface area contributed by atoms with Gasteiger partial charge in [-0.3, -0.25) is 0 Å². The molecule has 1 saturated carbocycles. The van der Waals surface area contributed by atoms with Gasteiger partial charge in [0.15, 0.2) is 0 Å². The monoisotopic (exact) mass is 258 g/mol. The molecule has 0 unspecified atom stereocenters. The van der Waals surface area contributed by atoms with E-state index in [1.807, 2.05) is 6.07 Å². The lowest BCUT2D eigenvalue weighted by Crippen LogP contribution is -2.39. The van der Waals surface area contributed by atoms with Crippen LogP contribution in [0, 0.1) is 5.92 Å². The summed E-state index contributed by atoms with van der Waals surface area (Å²) in [5, 5.41) is 19.0. The van der Waals surface area contributed by atoms with E-state index in [0.717, 1.165) is 5.56 Å². The summed E-state index contributed by atoms with van der Waals surface area (Å²) in [5.74, 6) is -4.54. The van der Waals surface area contributed by atoms with Crippen molar-refractivity contribution < 1.29 is 23.7 Å². The van der Waals surface area contributed by atoms with Gasteiger partial charge in [0.2, 0.25) is 0 Å². The predicted molar refractivity (Wildman–Crippen MR) is 61.1 cm³/mol. The molecule has 0 heterocycles. The standard InChI is InChI=1S/C13H16F2O3/c1-8-10(16)11(17)12(13(8,14)15)18-7-9-5-3-2-4-6-9/h2-6,8,10-12,16-17H,7H2,1H3/t8-,10-,11-,12+/m0/s1. The molecule has 5 heteroatoms. The second-order valence-corrected chi connectivity index (χ2v) is 4.66. The number of rotatable bonds is 3. The Kier molecular flexibility index (Phi) is 3.66. The van der Waals surface area contributed by atoms with Crippen molar-refractivity contribution in [1.29, 1.82) is 0 Å². The third-order valence-corrected chi connectivity index (χ3v) is 3.43. The number of aliphatic hydroxyl groups is 2. The molecule has 0 radical (unpaired) electrons. The Bertz CT molecular complexity index is 396. The molecule has 0 amide bonds. The van der Waals surface area contributed by atoms with Gasteiger partial charge in [-0.25, -0.2) is 8.78 Å². The van der Waals surface area contributed by atoms with Crippen LogP contribution in [-0.4, -0.2) is 34.4 Å². The third-order valence-electron chi connectivity index (χ3n) is 3.43. The van der Waals surface area contributed by atoms with Crippen LogP contribution < -0.4 is 0 Å². The van der Waals surface area contributed by atoms with Crippen LogP contribution in [0.1, 0.15) is 12.5 Å². The van der Waals surface area contributed by atoms with Crippen molar-refractivity contribution in [1.82, 2.24) is 0 Å². The molecule has 0 saturated heterocycles. The SMILES string of the molecule is C[C@H]1[C@H](O)[C@H](O)[C@@H](OCc2ccccc2)C1(F)F. The summed E-state index contributed by atoms with van der Waals surface area (Å²) in [6, 6.07) is 8.87. The molecule has 0 spiro atoms. The molecule has 0 bridgehead atoms. The zero-order valence-corrected chi connectivity index (χ0v) is 9.96. The Balaban J connectivity index is 2.05. The van der Waals surface area contributed by atoms with Crippen molar-refractivity contribution in [2.45, 2.75) is 37.8 Å². The first-order valence-electron chi connectivity index (χ1n) is 5.84. The summed E-state index contributed by atoms with van der Waals surface area (Å²) in [5.41, 5.74) is 0.745. The van der Waals surface area contributed by atoms with Crippen molar-refractivity contribution >= 4 is 0 Å². The number of aliphatic hydroxyl groups excluding tert-OH is 2.